The summed E-state index contributed by atoms with van der Waals surface area (Å²) in [4.78, 5) is 29.9. The number of rotatable bonds is 6. The number of fused-ring (bicyclic) bond motifs is 1. The van der Waals surface area contributed by atoms with Gasteiger partial charge in [0.05, 0.1) is 19.1 Å². The van der Waals surface area contributed by atoms with Gasteiger partial charge in [-0.1, -0.05) is 6.08 Å². The topological polar surface area (TPSA) is 76.5 Å². The molecular formula is C16H24N4O3. The van der Waals surface area contributed by atoms with E-state index in [9.17, 15) is 9.59 Å². The van der Waals surface area contributed by atoms with Crippen LogP contribution < -0.4 is 5.32 Å². The zero-order valence-corrected chi connectivity index (χ0v) is 13.9. The molecule has 1 N–H and O–H groups in total. The lowest BCUT2D eigenvalue weighted by Crippen LogP contribution is -2.47. The van der Waals surface area contributed by atoms with E-state index in [1.54, 1.807) is 6.08 Å². The molecule has 0 saturated heterocycles. The second-order valence-electron chi connectivity index (χ2n) is 6.27. The van der Waals surface area contributed by atoms with E-state index in [0.717, 1.165) is 25.5 Å². The number of nitrogens with zero attached hydrogens (tertiary/aromatic N) is 3. The van der Waals surface area contributed by atoms with E-state index in [2.05, 4.69) is 24.5 Å². The molecule has 126 valence electrons. The highest BCUT2D eigenvalue weighted by molar-refractivity contribution is 5.83. The smallest absolute Gasteiger partial charge is 0.330 e. The van der Waals surface area contributed by atoms with Crippen LogP contribution in [0.4, 0.5) is 0 Å². The second-order valence-corrected chi connectivity index (χ2v) is 6.27. The SMILES string of the molecule is COC(=O)/C=C/CNC(=O)C(C)(C)CN1CCn2ccnc2C1. The predicted octanol–water partition coefficient (Wildman–Crippen LogP) is 0.570. The molecule has 0 bridgehead atoms. The van der Waals surface area contributed by atoms with Crippen LogP contribution in [0.5, 0.6) is 0 Å². The lowest BCUT2D eigenvalue weighted by molar-refractivity contribution is -0.135. The minimum atomic E-state index is -0.520. The maximum absolute atomic E-state index is 12.3. The summed E-state index contributed by atoms with van der Waals surface area (Å²) in [7, 11) is 1.32. The molecular weight excluding hydrogens is 296 g/mol. The van der Waals surface area contributed by atoms with Crippen molar-refractivity contribution < 1.29 is 14.3 Å². The van der Waals surface area contributed by atoms with Gasteiger partial charge < -0.3 is 14.6 Å². The summed E-state index contributed by atoms with van der Waals surface area (Å²) in [6.07, 6.45) is 6.68. The summed E-state index contributed by atoms with van der Waals surface area (Å²) in [5.41, 5.74) is -0.520. The Balaban J connectivity index is 1.82. The van der Waals surface area contributed by atoms with Gasteiger partial charge in [-0.25, -0.2) is 9.78 Å². The Morgan fingerprint density at radius 1 is 1.43 bits per heavy atom. The minimum absolute atomic E-state index is 0.0408. The molecule has 1 aliphatic heterocycles. The van der Waals surface area contributed by atoms with Crippen LogP contribution in [0, 0.1) is 5.41 Å². The molecule has 0 fully saturated rings. The van der Waals surface area contributed by atoms with E-state index >= 15 is 0 Å². The highest BCUT2D eigenvalue weighted by Gasteiger charge is 2.31. The van der Waals surface area contributed by atoms with E-state index < -0.39 is 11.4 Å². The highest BCUT2D eigenvalue weighted by atomic mass is 16.5. The van der Waals surface area contributed by atoms with Crippen molar-refractivity contribution in [3.8, 4) is 0 Å². The molecule has 0 atom stereocenters. The Hall–Kier alpha value is -2.15. The van der Waals surface area contributed by atoms with Crippen LogP contribution in [0.15, 0.2) is 24.5 Å². The van der Waals surface area contributed by atoms with Gasteiger partial charge in [0, 0.05) is 44.6 Å². The molecule has 1 aromatic rings. The van der Waals surface area contributed by atoms with Crippen LogP contribution in [-0.4, -0.2) is 53.1 Å². The predicted molar refractivity (Wildman–Crippen MR) is 85.5 cm³/mol. The number of nitrogens with one attached hydrogen (secondary N) is 1. The molecule has 1 aromatic heterocycles. The summed E-state index contributed by atoms with van der Waals surface area (Å²) >= 11 is 0. The van der Waals surface area contributed by atoms with Crippen LogP contribution in [-0.2, 0) is 27.4 Å². The van der Waals surface area contributed by atoms with Crippen LogP contribution >= 0.6 is 0 Å². The molecule has 0 unspecified atom stereocenters. The number of carbonyl (C=O) groups excluding carboxylic acids is 2. The number of ether oxygens (including phenoxy) is 1. The van der Waals surface area contributed by atoms with Gasteiger partial charge in [-0.3, -0.25) is 9.69 Å². The first-order valence-electron chi connectivity index (χ1n) is 7.67. The third-order valence-corrected chi connectivity index (χ3v) is 3.89. The van der Waals surface area contributed by atoms with Gasteiger partial charge in [0.15, 0.2) is 0 Å². The molecule has 0 saturated carbocycles. The molecule has 2 heterocycles. The zero-order chi connectivity index (χ0) is 16.9. The maximum atomic E-state index is 12.3. The lowest BCUT2D eigenvalue weighted by atomic mass is 9.91. The summed E-state index contributed by atoms with van der Waals surface area (Å²) in [5.74, 6) is 0.566. The van der Waals surface area contributed by atoms with Gasteiger partial charge in [0.1, 0.15) is 5.82 Å². The number of hydrogen-bond donors (Lipinski definition) is 1. The number of aromatic nitrogens is 2. The van der Waals surface area contributed by atoms with E-state index in [0.29, 0.717) is 13.1 Å². The molecule has 0 aliphatic carbocycles. The van der Waals surface area contributed by atoms with Gasteiger partial charge in [-0.2, -0.15) is 0 Å². The van der Waals surface area contributed by atoms with Gasteiger partial charge >= 0.3 is 5.97 Å². The number of imidazole rings is 1. The molecule has 0 aromatic carbocycles. The normalized spacial score (nSPS) is 15.4. The Bertz CT molecular complexity index is 592. The summed E-state index contributed by atoms with van der Waals surface area (Å²) in [5, 5.41) is 2.83. The Kier molecular flexibility index (Phi) is 5.54. The molecule has 0 radical (unpaired) electrons. The zero-order valence-electron chi connectivity index (χ0n) is 13.9. The number of esters is 1. The standard InChI is InChI=1S/C16H24N4O3/c1-16(2,15(22)18-6-4-5-14(21)23-3)12-19-9-10-20-8-7-17-13(20)11-19/h4-5,7-8H,6,9-12H2,1-3H3,(H,18,22)/b5-4+. The molecule has 2 rings (SSSR count). The number of hydrogen-bond acceptors (Lipinski definition) is 5. The monoisotopic (exact) mass is 320 g/mol. The van der Waals surface area contributed by atoms with Gasteiger partial charge in [-0.05, 0) is 13.8 Å². The van der Waals surface area contributed by atoms with E-state index in [1.165, 1.54) is 13.2 Å². The maximum Gasteiger partial charge on any atom is 0.330 e. The average molecular weight is 320 g/mol. The molecule has 1 aliphatic rings. The molecule has 23 heavy (non-hydrogen) atoms. The average Bonchev–Trinajstić information content (AvgIpc) is 2.98. The van der Waals surface area contributed by atoms with Crippen molar-refractivity contribution in [2.75, 3.05) is 26.7 Å². The van der Waals surface area contributed by atoms with Crippen molar-refractivity contribution in [3.63, 3.8) is 0 Å². The molecule has 0 spiro atoms. The van der Waals surface area contributed by atoms with Crippen molar-refractivity contribution in [1.29, 1.82) is 0 Å². The molecule has 7 nitrogen and oxygen atoms in total. The minimum Gasteiger partial charge on any atom is -0.466 e. The largest absolute Gasteiger partial charge is 0.466 e. The fraction of sp³-hybridized carbons (Fsp3) is 0.562. The van der Waals surface area contributed by atoms with Crippen LogP contribution in [0.3, 0.4) is 0 Å². The van der Waals surface area contributed by atoms with Crippen LogP contribution in [0.1, 0.15) is 19.7 Å². The van der Waals surface area contributed by atoms with Gasteiger partial charge in [-0.15, -0.1) is 0 Å². The lowest BCUT2D eigenvalue weighted by Gasteiger charge is -2.34. The fourth-order valence-corrected chi connectivity index (χ4v) is 2.60. The van der Waals surface area contributed by atoms with E-state index in [1.807, 2.05) is 26.2 Å². The van der Waals surface area contributed by atoms with E-state index in [-0.39, 0.29) is 5.91 Å². The summed E-state index contributed by atoms with van der Waals surface area (Å²) in [6.45, 7) is 7.37. The number of methoxy groups -OCH3 is 1. The first-order valence-corrected chi connectivity index (χ1v) is 7.67. The summed E-state index contributed by atoms with van der Waals surface area (Å²) in [6, 6.07) is 0. The van der Waals surface area contributed by atoms with Crippen molar-refractivity contribution in [2.45, 2.75) is 26.9 Å². The fourth-order valence-electron chi connectivity index (χ4n) is 2.60. The molecule has 1 amide bonds. The quantitative estimate of drug-likeness (QED) is 0.612. The Morgan fingerprint density at radius 3 is 2.96 bits per heavy atom. The third-order valence-electron chi connectivity index (χ3n) is 3.89. The van der Waals surface area contributed by atoms with Gasteiger partial charge in [0.2, 0.25) is 5.91 Å². The first-order chi connectivity index (χ1) is 10.9. The summed E-state index contributed by atoms with van der Waals surface area (Å²) < 4.78 is 6.63. The van der Waals surface area contributed by atoms with Crippen molar-refractivity contribution in [1.82, 2.24) is 19.8 Å². The van der Waals surface area contributed by atoms with Crippen molar-refractivity contribution in [3.05, 3.63) is 30.4 Å². The van der Waals surface area contributed by atoms with Gasteiger partial charge in [0.25, 0.3) is 0 Å². The highest BCUT2D eigenvalue weighted by Crippen LogP contribution is 2.20. The first kappa shape index (κ1) is 17.2. The van der Waals surface area contributed by atoms with E-state index in [4.69, 9.17) is 0 Å². The second kappa shape index (κ2) is 7.41. The van der Waals surface area contributed by atoms with Crippen LogP contribution in [0.25, 0.3) is 0 Å². The van der Waals surface area contributed by atoms with Crippen LogP contribution in [0.2, 0.25) is 0 Å². The number of amides is 1. The number of carbonyl (C=O) groups is 2. The Morgan fingerprint density at radius 2 is 2.22 bits per heavy atom. The van der Waals surface area contributed by atoms with Crippen molar-refractivity contribution in [2.24, 2.45) is 5.41 Å². The Labute approximate surface area is 136 Å². The third kappa shape index (κ3) is 4.66. The van der Waals surface area contributed by atoms with Crippen molar-refractivity contribution >= 4 is 11.9 Å². The molecule has 7 heteroatoms.